The number of aliphatic hydroxyl groups excluding tert-OH is 5. The topological polar surface area (TPSA) is 256 Å². The number of hydrogen-bond donors (Lipinski definition) is 8. The summed E-state index contributed by atoms with van der Waals surface area (Å²) in [6, 6.07) is -1.10. The number of fused-ring (bicyclic) bond motifs is 2. The molecule has 2 saturated heterocycles. The molecule has 15 nitrogen and oxygen atoms in total. The van der Waals surface area contributed by atoms with Crippen LogP contribution in [0.3, 0.4) is 0 Å². The average Bonchev–Trinajstić information content (AvgIpc) is 3.04. The number of carboxylic acids is 1. The van der Waals surface area contributed by atoms with Gasteiger partial charge in [0, 0.05) is 38.5 Å². The molecule has 0 aromatic carbocycles. The van der Waals surface area contributed by atoms with E-state index >= 15 is 0 Å². The van der Waals surface area contributed by atoms with Crippen LogP contribution in [0, 0.1) is 11.8 Å². The lowest BCUT2D eigenvalue weighted by molar-refractivity contribution is -0.308. The van der Waals surface area contributed by atoms with Crippen molar-refractivity contribution in [3.8, 4) is 0 Å². The fourth-order valence-electron chi connectivity index (χ4n) is 6.72. The Balaban J connectivity index is 1.88. The lowest BCUT2D eigenvalue weighted by Gasteiger charge is -2.45. The molecule has 0 spiro atoms. The Kier molecular flexibility index (Phi) is 17.2. The Hall–Kier alpha value is -2.83. The second-order valence-corrected chi connectivity index (χ2v) is 14.1. The number of carbonyl (C=O) groups is 3. The molecule has 0 saturated carbocycles. The maximum Gasteiger partial charge on any atom is 0.311 e. The summed E-state index contributed by atoms with van der Waals surface area (Å²) in [5.41, 5.74) is 5.98. The molecule has 0 unspecified atom stereocenters. The number of rotatable bonds is 4. The number of cyclic esters (lactones) is 1. The molecule has 3 heterocycles. The Morgan fingerprint density at radius 1 is 0.981 bits per heavy atom. The van der Waals surface area contributed by atoms with Crippen LogP contribution in [-0.2, 0) is 33.3 Å². The van der Waals surface area contributed by atoms with Crippen molar-refractivity contribution >= 4 is 17.7 Å². The molecule has 0 amide bonds. The molecule has 3 rings (SSSR count). The van der Waals surface area contributed by atoms with Crippen LogP contribution in [0.15, 0.2) is 48.6 Å². The summed E-state index contributed by atoms with van der Waals surface area (Å²) in [7, 11) is 0. The number of ether oxygens (including phenoxy) is 4. The summed E-state index contributed by atoms with van der Waals surface area (Å²) >= 11 is 0. The van der Waals surface area contributed by atoms with Gasteiger partial charge in [-0.1, -0.05) is 55.5 Å². The predicted molar refractivity (Wildman–Crippen MR) is 186 cm³/mol. The van der Waals surface area contributed by atoms with E-state index in [0.717, 1.165) is 0 Å². The third-order valence-corrected chi connectivity index (χ3v) is 9.66. The van der Waals surface area contributed by atoms with E-state index in [0.29, 0.717) is 6.42 Å². The highest BCUT2D eigenvalue weighted by atomic mass is 16.7. The second-order valence-electron chi connectivity index (χ2n) is 14.1. The van der Waals surface area contributed by atoms with Crippen molar-refractivity contribution < 1.29 is 69.1 Å². The minimum Gasteiger partial charge on any atom is -0.481 e. The minimum atomic E-state index is -2.15. The van der Waals surface area contributed by atoms with Gasteiger partial charge in [0.2, 0.25) is 0 Å². The molecular weight excluding hydrogens is 682 g/mol. The van der Waals surface area contributed by atoms with Crippen LogP contribution in [0.25, 0.3) is 0 Å². The van der Waals surface area contributed by atoms with Crippen LogP contribution in [0.4, 0.5) is 0 Å². The first kappa shape index (κ1) is 43.6. The fraction of sp³-hybridized carbons (Fsp3) is 0.703. The van der Waals surface area contributed by atoms with E-state index in [-0.39, 0.29) is 44.3 Å². The van der Waals surface area contributed by atoms with Crippen LogP contribution in [0.5, 0.6) is 0 Å². The molecule has 15 heteroatoms. The molecule has 52 heavy (non-hydrogen) atoms. The van der Waals surface area contributed by atoms with E-state index in [1.807, 2.05) is 0 Å². The number of carboxylic acid groups (broad SMARTS) is 1. The van der Waals surface area contributed by atoms with E-state index in [9.17, 15) is 50.1 Å². The first-order valence-electron chi connectivity index (χ1n) is 18.0. The van der Waals surface area contributed by atoms with Crippen molar-refractivity contribution in [3.05, 3.63) is 48.6 Å². The number of aliphatic carboxylic acids is 1. The number of aliphatic hydroxyl groups is 6. The quantitative estimate of drug-likeness (QED) is 0.187. The lowest BCUT2D eigenvalue weighted by atomic mass is 9.83. The Bertz CT molecular complexity index is 1290. The van der Waals surface area contributed by atoms with Gasteiger partial charge in [-0.25, -0.2) is 0 Å². The first-order valence-corrected chi connectivity index (χ1v) is 18.0. The van der Waals surface area contributed by atoms with Crippen LogP contribution >= 0.6 is 0 Å². The number of nitrogens with two attached hydrogens (primary N) is 1. The lowest BCUT2D eigenvalue weighted by Crippen LogP contribution is -2.61. The summed E-state index contributed by atoms with van der Waals surface area (Å²) in [5.74, 6) is -6.84. The van der Waals surface area contributed by atoms with Crippen LogP contribution in [0.2, 0.25) is 0 Å². The average molecular weight is 740 g/mol. The molecule has 3 aliphatic heterocycles. The maximum atomic E-state index is 12.8. The van der Waals surface area contributed by atoms with Crippen LogP contribution < -0.4 is 5.73 Å². The van der Waals surface area contributed by atoms with Crippen molar-refractivity contribution in [2.75, 3.05) is 0 Å². The van der Waals surface area contributed by atoms with Gasteiger partial charge in [-0.15, -0.1) is 0 Å². The number of allylic oxidation sites excluding steroid dienone is 6. The maximum absolute atomic E-state index is 12.8. The standard InChI is InChI=1S/C37H57NO14/c1-4-26-27(41)17-23(39)14-12-15-24(40)19-37(48)20-28(42)30(34(45)46)29(52-37)18-25(51-36-33(44)31(38)32(43)22(3)50-36)16-11-9-7-5-6-8-10-13-21(2)49-35(26)47/h5-11,16,21-22,24-33,36,40-44,48H,4,12-15,17-20,38H2,1-3H3,(H,45,46)/b6-5+,9-7+,10-8+,16-11+/t21-,22-,24+,25+,26+,27-,28+,29-,30-,31+,32-,33+,36+,37+/m1/s1. The van der Waals surface area contributed by atoms with E-state index in [1.54, 1.807) is 69.4 Å². The third-order valence-electron chi connectivity index (χ3n) is 9.66. The number of ketones is 1. The SMILES string of the molecule is CC[C@@H]1C(=O)O[C@H](C)C/C=C/C=C/C=C/C=C/[C@H](O[C@@H]2O[C@H](C)[C@@H](O)[C@H](N)[C@@H]2O)C[C@H]2O[C@@](O)(C[C@@H](O)CCCC(=O)C[C@H]1O)C[C@H](O)[C@H]2C(=O)O. The number of hydrogen-bond acceptors (Lipinski definition) is 14. The van der Waals surface area contributed by atoms with Crippen LogP contribution in [0.1, 0.15) is 78.6 Å². The Labute approximate surface area is 304 Å². The van der Waals surface area contributed by atoms with Gasteiger partial charge >= 0.3 is 11.9 Å². The van der Waals surface area contributed by atoms with Gasteiger partial charge in [0.05, 0.1) is 54.7 Å². The van der Waals surface area contributed by atoms with Crippen molar-refractivity contribution in [2.45, 2.75) is 152 Å². The predicted octanol–water partition coefficient (Wildman–Crippen LogP) is 0.923. The zero-order valence-corrected chi connectivity index (χ0v) is 30.1. The van der Waals surface area contributed by atoms with Crippen molar-refractivity contribution in [1.82, 2.24) is 0 Å². The molecule has 294 valence electrons. The van der Waals surface area contributed by atoms with Crippen LogP contribution in [-0.4, -0.2) is 127 Å². The molecule has 0 aromatic rings. The van der Waals surface area contributed by atoms with Crippen molar-refractivity contribution in [3.63, 3.8) is 0 Å². The first-order chi connectivity index (χ1) is 24.5. The number of carbonyl (C=O) groups excluding carboxylic acids is 2. The highest BCUT2D eigenvalue weighted by Gasteiger charge is 2.50. The number of Topliss-reactive ketones (excluding diaryl/α,β-unsaturated/α-hetero) is 1. The Morgan fingerprint density at radius 3 is 2.33 bits per heavy atom. The van der Waals surface area contributed by atoms with E-state index in [2.05, 4.69) is 0 Å². The zero-order valence-electron chi connectivity index (χ0n) is 30.1. The molecule has 2 bridgehead atoms. The second kappa shape index (κ2) is 20.6. The van der Waals surface area contributed by atoms with Gasteiger partial charge < -0.3 is 60.4 Å². The normalized spacial score (nSPS) is 43.5. The smallest absolute Gasteiger partial charge is 0.311 e. The highest BCUT2D eigenvalue weighted by Crippen LogP contribution is 2.38. The summed E-state index contributed by atoms with van der Waals surface area (Å²) < 4.78 is 23.1. The summed E-state index contributed by atoms with van der Waals surface area (Å²) in [6.45, 7) is 5.00. The molecule has 3 aliphatic rings. The summed E-state index contributed by atoms with van der Waals surface area (Å²) in [6.07, 6.45) is 1.33. The Morgan fingerprint density at radius 2 is 1.65 bits per heavy atom. The third kappa shape index (κ3) is 12.9. The van der Waals surface area contributed by atoms with Gasteiger partial charge in [-0.2, -0.15) is 0 Å². The monoisotopic (exact) mass is 739 g/mol. The largest absolute Gasteiger partial charge is 0.481 e. The molecule has 0 radical (unpaired) electrons. The minimum absolute atomic E-state index is 0.0197. The number of esters is 1. The van der Waals surface area contributed by atoms with E-state index < -0.39 is 110 Å². The molecule has 0 aliphatic carbocycles. The van der Waals surface area contributed by atoms with Crippen molar-refractivity contribution in [1.29, 1.82) is 0 Å². The zero-order chi connectivity index (χ0) is 38.6. The molecule has 9 N–H and O–H groups in total. The highest BCUT2D eigenvalue weighted by molar-refractivity contribution is 5.80. The van der Waals surface area contributed by atoms with Crippen molar-refractivity contribution in [2.24, 2.45) is 17.6 Å². The van der Waals surface area contributed by atoms with Gasteiger partial charge in [0.1, 0.15) is 23.9 Å². The molecule has 2 fully saturated rings. The fourth-order valence-corrected chi connectivity index (χ4v) is 6.72. The summed E-state index contributed by atoms with van der Waals surface area (Å²) in [5, 5.41) is 74.8. The molecule has 14 atom stereocenters. The van der Waals surface area contributed by atoms with Gasteiger partial charge in [-0.05, 0) is 33.1 Å². The van der Waals surface area contributed by atoms with Gasteiger partial charge in [0.25, 0.3) is 0 Å². The summed E-state index contributed by atoms with van der Waals surface area (Å²) in [4.78, 5) is 37.8. The van der Waals surface area contributed by atoms with Gasteiger partial charge in [-0.3, -0.25) is 14.4 Å². The van der Waals surface area contributed by atoms with Gasteiger partial charge in [0.15, 0.2) is 12.1 Å². The van der Waals surface area contributed by atoms with E-state index in [4.69, 9.17) is 24.7 Å². The molecular formula is C37H57NO14. The molecule has 0 aromatic heterocycles. The van der Waals surface area contributed by atoms with E-state index in [1.165, 1.54) is 0 Å².